The highest BCUT2D eigenvalue weighted by molar-refractivity contribution is 7.99. The number of urea groups is 1. The molecule has 1 saturated heterocycles. The molecule has 3 rings (SSSR count). The van der Waals surface area contributed by atoms with Crippen LogP contribution in [0.15, 0.2) is 28.0 Å². The molecule has 0 spiro atoms. The molecule has 0 saturated carbocycles. The van der Waals surface area contributed by atoms with E-state index >= 15 is 0 Å². The molecule has 2 unspecified atom stereocenters. The zero-order chi connectivity index (χ0) is 23.3. The lowest BCUT2D eigenvalue weighted by Gasteiger charge is -2.35. The number of piperidine rings is 1. The predicted molar refractivity (Wildman–Crippen MR) is 111 cm³/mol. The second-order valence-corrected chi connectivity index (χ2v) is 8.88. The van der Waals surface area contributed by atoms with Crippen LogP contribution < -0.4 is 15.5 Å². The SMILES string of the molecule is CC1CC(C)CN(c2nnc(SCC(=O)NC(=O)NCC(F)(F)F)n2Cc2ccco2)C1. The molecule has 1 fully saturated rings. The van der Waals surface area contributed by atoms with E-state index in [1.54, 1.807) is 17.6 Å². The van der Waals surface area contributed by atoms with E-state index in [1.807, 2.05) is 16.0 Å². The van der Waals surface area contributed by atoms with Gasteiger partial charge in [-0.2, -0.15) is 13.2 Å². The van der Waals surface area contributed by atoms with Crippen molar-refractivity contribution in [2.45, 2.75) is 38.1 Å². The molecule has 9 nitrogen and oxygen atoms in total. The lowest BCUT2D eigenvalue weighted by molar-refractivity contribution is -0.124. The fourth-order valence-corrected chi connectivity index (χ4v) is 4.40. The summed E-state index contributed by atoms with van der Waals surface area (Å²) in [5, 5.41) is 12.4. The molecule has 1 aliphatic heterocycles. The lowest BCUT2D eigenvalue weighted by Crippen LogP contribution is -2.44. The fraction of sp³-hybridized carbons (Fsp3) is 0.579. The van der Waals surface area contributed by atoms with Gasteiger partial charge in [0.15, 0.2) is 5.16 Å². The van der Waals surface area contributed by atoms with Gasteiger partial charge < -0.3 is 14.6 Å². The van der Waals surface area contributed by atoms with Gasteiger partial charge in [-0.25, -0.2) is 4.79 Å². The Kier molecular flexibility index (Phi) is 7.69. The summed E-state index contributed by atoms with van der Waals surface area (Å²) in [5.41, 5.74) is 0. The number of anilines is 1. The summed E-state index contributed by atoms with van der Waals surface area (Å²) in [5.74, 6) is 1.36. The Balaban J connectivity index is 1.67. The monoisotopic (exact) mass is 474 g/mol. The van der Waals surface area contributed by atoms with E-state index in [0.717, 1.165) is 31.3 Å². The molecule has 2 N–H and O–H groups in total. The van der Waals surface area contributed by atoms with Crippen molar-refractivity contribution in [1.82, 2.24) is 25.4 Å². The number of aromatic nitrogens is 3. The maximum absolute atomic E-state index is 12.2. The van der Waals surface area contributed by atoms with Crippen LogP contribution in [0.25, 0.3) is 0 Å². The van der Waals surface area contributed by atoms with Crippen LogP contribution in [0, 0.1) is 11.8 Å². The number of rotatable bonds is 7. The number of amides is 3. The van der Waals surface area contributed by atoms with Crippen LogP contribution in [0.1, 0.15) is 26.0 Å². The third-order valence-electron chi connectivity index (χ3n) is 4.78. The first-order valence-corrected chi connectivity index (χ1v) is 11.1. The summed E-state index contributed by atoms with van der Waals surface area (Å²) in [6.07, 6.45) is -1.87. The molecular formula is C19H25F3N6O3S. The van der Waals surface area contributed by atoms with Gasteiger partial charge in [0, 0.05) is 13.1 Å². The molecule has 3 amide bonds. The molecule has 0 aliphatic carbocycles. The fourth-order valence-electron chi connectivity index (χ4n) is 3.66. The summed E-state index contributed by atoms with van der Waals surface area (Å²) >= 11 is 1.04. The van der Waals surface area contributed by atoms with Gasteiger partial charge in [-0.1, -0.05) is 25.6 Å². The number of imide groups is 1. The Morgan fingerprint density at radius 3 is 2.59 bits per heavy atom. The second kappa shape index (κ2) is 10.3. The summed E-state index contributed by atoms with van der Waals surface area (Å²) in [6, 6.07) is 2.38. The van der Waals surface area contributed by atoms with Gasteiger partial charge in [-0.05, 0) is 30.4 Å². The molecule has 2 aromatic rings. The number of hydrogen-bond donors (Lipinski definition) is 2. The number of nitrogens with zero attached hydrogens (tertiary/aromatic N) is 4. The van der Waals surface area contributed by atoms with Crippen molar-refractivity contribution in [3.05, 3.63) is 24.2 Å². The summed E-state index contributed by atoms with van der Waals surface area (Å²) in [6.45, 7) is 4.84. The van der Waals surface area contributed by atoms with Crippen molar-refractivity contribution in [1.29, 1.82) is 0 Å². The van der Waals surface area contributed by atoms with Gasteiger partial charge >= 0.3 is 12.2 Å². The van der Waals surface area contributed by atoms with E-state index in [-0.39, 0.29) is 5.75 Å². The number of furan rings is 1. The molecule has 3 heterocycles. The second-order valence-electron chi connectivity index (χ2n) is 7.93. The Labute approximate surface area is 187 Å². The normalized spacial score (nSPS) is 19.1. The number of nitrogens with one attached hydrogen (secondary N) is 2. The average Bonchev–Trinajstić information content (AvgIpc) is 3.34. The van der Waals surface area contributed by atoms with Crippen LogP contribution in [0.4, 0.5) is 23.9 Å². The van der Waals surface area contributed by atoms with E-state index < -0.39 is 24.7 Å². The van der Waals surface area contributed by atoms with Crippen molar-refractivity contribution < 1.29 is 27.2 Å². The van der Waals surface area contributed by atoms with Crippen LogP contribution in [-0.2, 0) is 11.3 Å². The number of thioether (sulfide) groups is 1. The highest BCUT2D eigenvalue weighted by Crippen LogP contribution is 2.29. The minimum absolute atomic E-state index is 0.220. The van der Waals surface area contributed by atoms with Gasteiger partial charge in [0.1, 0.15) is 12.3 Å². The Morgan fingerprint density at radius 2 is 1.97 bits per heavy atom. The van der Waals surface area contributed by atoms with Crippen LogP contribution in [0.2, 0.25) is 0 Å². The quantitative estimate of drug-likeness (QED) is 0.595. The van der Waals surface area contributed by atoms with Gasteiger partial charge in [-0.15, -0.1) is 10.2 Å². The number of carbonyl (C=O) groups is 2. The average molecular weight is 475 g/mol. The molecule has 2 aromatic heterocycles. The van der Waals surface area contributed by atoms with E-state index in [9.17, 15) is 22.8 Å². The molecule has 32 heavy (non-hydrogen) atoms. The molecule has 176 valence electrons. The zero-order valence-corrected chi connectivity index (χ0v) is 18.5. The van der Waals surface area contributed by atoms with Crippen LogP contribution in [0.5, 0.6) is 0 Å². The smallest absolute Gasteiger partial charge is 0.405 e. The first-order chi connectivity index (χ1) is 15.1. The van der Waals surface area contributed by atoms with Crippen LogP contribution >= 0.6 is 11.8 Å². The van der Waals surface area contributed by atoms with Gasteiger partial charge in [0.25, 0.3) is 0 Å². The largest absolute Gasteiger partial charge is 0.467 e. The molecule has 0 bridgehead atoms. The third-order valence-corrected chi connectivity index (χ3v) is 5.74. The molecule has 13 heteroatoms. The Bertz CT molecular complexity index is 908. The highest BCUT2D eigenvalue weighted by Gasteiger charge is 2.29. The molecule has 1 aliphatic rings. The number of halogens is 3. The molecular weight excluding hydrogens is 449 g/mol. The number of hydrogen-bond acceptors (Lipinski definition) is 7. The third kappa shape index (κ3) is 6.90. The van der Waals surface area contributed by atoms with E-state index in [0.29, 0.717) is 35.2 Å². The van der Waals surface area contributed by atoms with Crippen molar-refractivity contribution in [2.75, 3.05) is 30.3 Å². The van der Waals surface area contributed by atoms with Gasteiger partial charge in [-0.3, -0.25) is 14.7 Å². The maximum Gasteiger partial charge on any atom is 0.405 e. The molecule has 0 radical (unpaired) electrons. The van der Waals surface area contributed by atoms with Crippen LogP contribution in [-0.4, -0.2) is 58.3 Å². The number of alkyl halides is 3. The van der Waals surface area contributed by atoms with E-state index in [4.69, 9.17) is 4.42 Å². The maximum atomic E-state index is 12.2. The standard InChI is InChI=1S/C19H25F3N6O3S/c1-12-6-13(2)8-27(7-12)17-25-26-18(28(17)9-14-4-3-5-31-14)32-10-15(29)24-16(30)23-11-19(20,21)22/h3-5,12-13H,6-11H2,1-2H3,(H2,23,24,29,30). The van der Waals surface area contributed by atoms with Crippen LogP contribution in [0.3, 0.4) is 0 Å². The predicted octanol–water partition coefficient (Wildman–Crippen LogP) is 2.88. The Hall–Kier alpha value is -2.70. The van der Waals surface area contributed by atoms with Crippen molar-refractivity contribution >= 4 is 29.6 Å². The first-order valence-electron chi connectivity index (χ1n) is 10.1. The number of carbonyl (C=O) groups excluding carboxylic acids is 2. The lowest BCUT2D eigenvalue weighted by atomic mass is 9.92. The van der Waals surface area contributed by atoms with E-state index in [1.165, 1.54) is 0 Å². The minimum atomic E-state index is -4.56. The van der Waals surface area contributed by atoms with Gasteiger partial charge in [0.2, 0.25) is 11.9 Å². The van der Waals surface area contributed by atoms with E-state index in [2.05, 4.69) is 28.9 Å². The summed E-state index contributed by atoms with van der Waals surface area (Å²) in [4.78, 5) is 25.6. The summed E-state index contributed by atoms with van der Waals surface area (Å²) in [7, 11) is 0. The first kappa shape index (κ1) is 24.0. The Morgan fingerprint density at radius 1 is 1.25 bits per heavy atom. The van der Waals surface area contributed by atoms with Gasteiger partial charge in [0.05, 0.1) is 18.6 Å². The summed E-state index contributed by atoms with van der Waals surface area (Å²) < 4.78 is 43.8. The van der Waals surface area contributed by atoms with Crippen molar-refractivity contribution in [2.24, 2.45) is 11.8 Å². The molecule has 0 aromatic carbocycles. The molecule has 2 atom stereocenters. The van der Waals surface area contributed by atoms with Crippen molar-refractivity contribution in [3.63, 3.8) is 0 Å². The topological polar surface area (TPSA) is 105 Å². The van der Waals surface area contributed by atoms with Crippen molar-refractivity contribution in [3.8, 4) is 0 Å². The zero-order valence-electron chi connectivity index (χ0n) is 17.7. The highest BCUT2D eigenvalue weighted by atomic mass is 32.2. The minimum Gasteiger partial charge on any atom is -0.467 e.